The third-order valence-electron chi connectivity index (χ3n) is 3.51. The third-order valence-corrected chi connectivity index (χ3v) is 5.18. The third kappa shape index (κ3) is 2.19. The van der Waals surface area contributed by atoms with Crippen LogP contribution in [-0.4, -0.2) is 46.0 Å². The van der Waals surface area contributed by atoms with E-state index in [0.717, 1.165) is 6.29 Å². The molecule has 2 fully saturated rings. The Labute approximate surface area is 109 Å². The van der Waals surface area contributed by atoms with Crippen LogP contribution in [0.5, 0.6) is 0 Å². The molecule has 0 aromatic rings. The average molecular weight is 272 g/mol. The number of amides is 2. The van der Waals surface area contributed by atoms with Crippen molar-refractivity contribution in [1.82, 2.24) is 10.6 Å². The number of nitrogens with one attached hydrogen (secondary N) is 2. The molecule has 2 aliphatic heterocycles. The Kier molecular flexibility index (Phi) is 3.79. The van der Waals surface area contributed by atoms with E-state index in [9.17, 15) is 19.5 Å². The Balaban J connectivity index is 2.05. The van der Waals surface area contributed by atoms with Gasteiger partial charge in [0.15, 0.2) is 0 Å². The number of rotatable bonds is 6. The lowest BCUT2D eigenvalue weighted by Gasteiger charge is -2.29. The van der Waals surface area contributed by atoms with E-state index < -0.39 is 10.7 Å². The maximum absolute atomic E-state index is 11.6. The minimum absolute atomic E-state index is 0.107. The number of unbranched alkanes of at least 4 members (excludes halogenated alkanes) is 2. The van der Waals surface area contributed by atoms with Crippen LogP contribution in [0.4, 0.5) is 4.79 Å². The molecular formula is C11H16N2O4S. The highest BCUT2D eigenvalue weighted by Gasteiger charge is 2.57. The van der Waals surface area contributed by atoms with Gasteiger partial charge in [-0.15, -0.1) is 11.8 Å². The van der Waals surface area contributed by atoms with Gasteiger partial charge in [-0.3, -0.25) is 4.79 Å². The molecule has 2 rings (SSSR count). The zero-order valence-corrected chi connectivity index (χ0v) is 10.7. The summed E-state index contributed by atoms with van der Waals surface area (Å²) in [6, 6.07) is -0.753. The number of carboxylic acids is 1. The maximum Gasteiger partial charge on any atom is 0.321 e. The Morgan fingerprint density at radius 1 is 1.50 bits per heavy atom. The van der Waals surface area contributed by atoms with Gasteiger partial charge >= 0.3 is 12.0 Å². The molecule has 0 spiro atoms. The lowest BCUT2D eigenvalue weighted by atomic mass is 9.89. The number of aliphatic carboxylic acids is 1. The van der Waals surface area contributed by atoms with Gasteiger partial charge in [-0.1, -0.05) is 6.42 Å². The molecule has 0 bridgehead atoms. The smallest absolute Gasteiger partial charge is 0.321 e. The predicted molar refractivity (Wildman–Crippen MR) is 66.6 cm³/mol. The van der Waals surface area contributed by atoms with Gasteiger partial charge in [-0.05, 0) is 12.8 Å². The van der Waals surface area contributed by atoms with Gasteiger partial charge in [0.2, 0.25) is 0 Å². The van der Waals surface area contributed by atoms with Crippen molar-refractivity contribution in [3.63, 3.8) is 0 Å². The Hall–Kier alpha value is -1.24. The van der Waals surface area contributed by atoms with Crippen LogP contribution >= 0.6 is 11.8 Å². The molecule has 3 atom stereocenters. The molecule has 0 radical (unpaired) electrons. The second-order valence-corrected chi connectivity index (χ2v) is 5.97. The average Bonchev–Trinajstić information content (AvgIpc) is 2.83. The number of hydrogen-bond donors (Lipinski definition) is 3. The zero-order valence-electron chi connectivity index (χ0n) is 9.85. The lowest BCUT2D eigenvalue weighted by molar-refractivity contribution is -0.140. The minimum Gasteiger partial charge on any atom is -0.480 e. The quantitative estimate of drug-likeness (QED) is 0.369. The zero-order chi connectivity index (χ0) is 13.2. The van der Waals surface area contributed by atoms with Crippen LogP contribution in [0.15, 0.2) is 0 Å². The number of carbonyl (C=O) groups is 3. The van der Waals surface area contributed by atoms with E-state index in [2.05, 4.69) is 10.6 Å². The van der Waals surface area contributed by atoms with E-state index in [1.54, 1.807) is 0 Å². The van der Waals surface area contributed by atoms with Crippen LogP contribution in [0, 0.1) is 0 Å². The molecular weight excluding hydrogens is 256 g/mol. The van der Waals surface area contributed by atoms with Gasteiger partial charge < -0.3 is 20.5 Å². The summed E-state index contributed by atoms with van der Waals surface area (Å²) in [5.41, 5.74) is 0. The summed E-state index contributed by atoms with van der Waals surface area (Å²) in [6.07, 6.45) is 3.15. The van der Waals surface area contributed by atoms with Gasteiger partial charge in [0, 0.05) is 12.2 Å². The highest BCUT2D eigenvalue weighted by Crippen LogP contribution is 2.44. The highest BCUT2D eigenvalue weighted by molar-refractivity contribution is 8.01. The maximum atomic E-state index is 11.6. The number of urea groups is 1. The lowest BCUT2D eigenvalue weighted by Crippen LogP contribution is -2.51. The van der Waals surface area contributed by atoms with Crippen molar-refractivity contribution in [3.05, 3.63) is 0 Å². The van der Waals surface area contributed by atoms with E-state index in [1.165, 1.54) is 11.8 Å². The fourth-order valence-corrected chi connectivity index (χ4v) is 4.16. The van der Waals surface area contributed by atoms with Gasteiger partial charge in [0.25, 0.3) is 0 Å². The first-order valence-electron chi connectivity index (χ1n) is 5.98. The van der Waals surface area contributed by atoms with Crippen molar-refractivity contribution in [3.8, 4) is 0 Å². The van der Waals surface area contributed by atoms with Crippen LogP contribution in [0.3, 0.4) is 0 Å². The molecule has 0 aromatic carbocycles. The van der Waals surface area contributed by atoms with Crippen LogP contribution in [0.2, 0.25) is 0 Å². The van der Waals surface area contributed by atoms with Crippen molar-refractivity contribution in [1.29, 1.82) is 0 Å². The van der Waals surface area contributed by atoms with Crippen molar-refractivity contribution in [2.45, 2.75) is 42.5 Å². The van der Waals surface area contributed by atoms with Gasteiger partial charge in [0.05, 0.1) is 12.1 Å². The van der Waals surface area contributed by atoms with Crippen molar-refractivity contribution in [2.24, 2.45) is 0 Å². The summed E-state index contributed by atoms with van der Waals surface area (Å²) in [4.78, 5) is 33.1. The van der Waals surface area contributed by atoms with E-state index in [1.807, 2.05) is 0 Å². The number of thioether (sulfide) groups is 1. The summed E-state index contributed by atoms with van der Waals surface area (Å²) >= 11 is 1.38. The summed E-state index contributed by atoms with van der Waals surface area (Å²) in [7, 11) is 0. The topological polar surface area (TPSA) is 95.5 Å². The number of carboxylic acid groups (broad SMARTS) is 1. The number of carbonyl (C=O) groups excluding carboxylic acids is 2. The van der Waals surface area contributed by atoms with Gasteiger partial charge in [-0.2, -0.15) is 0 Å². The van der Waals surface area contributed by atoms with E-state index >= 15 is 0 Å². The summed E-state index contributed by atoms with van der Waals surface area (Å²) in [6.45, 7) is 0. The standard InChI is InChI=1S/C11H16N2O4S/c14-5-3-1-2-4-11(9(15)16)8-7(6-18-11)12-10(17)13-8/h5,7-8H,1-4,6H2,(H,15,16)(H2,12,13,17)/t7-,8-,11-/m0/s1. The molecule has 3 N–H and O–H groups in total. The van der Waals surface area contributed by atoms with Crippen LogP contribution < -0.4 is 10.6 Å². The van der Waals surface area contributed by atoms with E-state index in [0.29, 0.717) is 31.4 Å². The molecule has 2 aliphatic rings. The second kappa shape index (κ2) is 5.17. The van der Waals surface area contributed by atoms with E-state index in [4.69, 9.17) is 0 Å². The fraction of sp³-hybridized carbons (Fsp3) is 0.727. The second-order valence-electron chi connectivity index (χ2n) is 4.62. The Bertz CT molecular complexity index is 376. The molecule has 2 heterocycles. The molecule has 2 saturated heterocycles. The van der Waals surface area contributed by atoms with Crippen molar-refractivity contribution < 1.29 is 19.5 Å². The molecule has 0 unspecified atom stereocenters. The molecule has 100 valence electrons. The van der Waals surface area contributed by atoms with Crippen LogP contribution in [-0.2, 0) is 9.59 Å². The normalized spacial score (nSPS) is 33.7. The largest absolute Gasteiger partial charge is 0.480 e. The SMILES string of the molecule is O=CCCCC[C@]1(C(=O)O)SC[C@@H]2NC(=O)N[C@@H]21. The van der Waals surface area contributed by atoms with Crippen LogP contribution in [0.25, 0.3) is 0 Å². The molecule has 0 aromatic heterocycles. The Morgan fingerprint density at radius 2 is 2.28 bits per heavy atom. The molecule has 2 amide bonds. The monoisotopic (exact) mass is 272 g/mol. The summed E-state index contributed by atoms with van der Waals surface area (Å²) < 4.78 is -0.952. The van der Waals surface area contributed by atoms with Gasteiger partial charge in [-0.25, -0.2) is 4.79 Å². The molecule has 0 aliphatic carbocycles. The summed E-state index contributed by atoms with van der Waals surface area (Å²) in [5.74, 6) is -0.265. The van der Waals surface area contributed by atoms with Crippen molar-refractivity contribution >= 4 is 30.0 Å². The number of aldehydes is 1. The first-order valence-corrected chi connectivity index (χ1v) is 6.97. The predicted octanol–water partition coefficient (Wildman–Crippen LogP) is 0.366. The highest BCUT2D eigenvalue weighted by atomic mass is 32.2. The summed E-state index contributed by atoms with van der Waals surface area (Å²) in [5, 5.41) is 14.9. The molecule has 6 nitrogen and oxygen atoms in total. The van der Waals surface area contributed by atoms with Crippen molar-refractivity contribution in [2.75, 3.05) is 5.75 Å². The molecule has 18 heavy (non-hydrogen) atoms. The first kappa shape index (κ1) is 13.2. The molecule has 0 saturated carbocycles. The molecule has 7 heteroatoms. The van der Waals surface area contributed by atoms with E-state index in [-0.39, 0.29) is 18.1 Å². The fourth-order valence-electron chi connectivity index (χ4n) is 2.59. The number of fused-ring (bicyclic) bond motifs is 1. The minimum atomic E-state index is -0.952. The van der Waals surface area contributed by atoms with Gasteiger partial charge in [0.1, 0.15) is 11.0 Å². The first-order chi connectivity index (χ1) is 8.60. The Morgan fingerprint density at radius 3 is 2.94 bits per heavy atom. The number of hydrogen-bond acceptors (Lipinski definition) is 4. The van der Waals surface area contributed by atoms with Crippen LogP contribution in [0.1, 0.15) is 25.7 Å².